The molecule has 16 aliphatic carbocycles. The van der Waals surface area contributed by atoms with Crippen molar-refractivity contribution in [1.82, 2.24) is 19.9 Å². The highest BCUT2D eigenvalue weighted by atomic mass is 14.8. The van der Waals surface area contributed by atoms with E-state index in [1.807, 2.05) is 11.1 Å². The molecule has 0 unspecified atom stereocenters. The van der Waals surface area contributed by atoms with E-state index < -0.39 is 0 Å². The van der Waals surface area contributed by atoms with Gasteiger partial charge in [0.25, 0.3) is 0 Å². The summed E-state index contributed by atoms with van der Waals surface area (Å²) in [5.74, 6) is 10.8. The predicted octanol–water partition coefficient (Wildman–Crippen LogP) is 14.8. The standard InChI is InChI=1S/C60H70N4/c1-2-47-18-49-19-50(57-21-33-5-34(22-57)7-35(6-33)23-57)55(63-49)54(60-30-42-14-43(31-60)16-44(15-42)32-60)56-53(59-27-39-11-40(28-59)13-41(12-39)29-59)52(58-24-36-8-37(25-58)10-38(9-36)26-58)51(64-56)20-48-4-3-46(62-48)17-45(1)61-47/h1-4,17-20,33-44,61,63H,5-16,21-32H2. The van der Waals surface area contributed by atoms with Crippen molar-refractivity contribution < 1.29 is 0 Å². The second kappa shape index (κ2) is 12.4. The zero-order valence-corrected chi connectivity index (χ0v) is 38.4. The molecule has 2 N–H and O–H groups in total. The van der Waals surface area contributed by atoms with Gasteiger partial charge in [0.05, 0.1) is 22.8 Å². The van der Waals surface area contributed by atoms with Gasteiger partial charge in [-0.05, 0) is 307 Å². The highest BCUT2D eigenvalue weighted by Crippen LogP contribution is 2.73. The summed E-state index contributed by atoms with van der Waals surface area (Å²) in [6, 6.07) is 14.7. The van der Waals surface area contributed by atoms with Crippen molar-refractivity contribution in [3.8, 4) is 0 Å². The van der Waals surface area contributed by atoms with Crippen molar-refractivity contribution in [3.05, 3.63) is 70.3 Å². The molecule has 18 aliphatic rings. The zero-order chi connectivity index (χ0) is 41.3. The van der Waals surface area contributed by atoms with E-state index in [9.17, 15) is 0 Å². The molecule has 3 aromatic rings. The van der Waals surface area contributed by atoms with Crippen LogP contribution in [-0.2, 0) is 10.8 Å². The van der Waals surface area contributed by atoms with E-state index >= 15 is 0 Å². The summed E-state index contributed by atoms with van der Waals surface area (Å²) in [4.78, 5) is 20.4. The highest BCUT2D eigenvalue weighted by molar-refractivity contribution is 6.00. The molecule has 0 aromatic carbocycles. The molecule has 64 heavy (non-hydrogen) atoms. The normalized spacial score (nSPS) is 46.9. The minimum atomic E-state index is 0.202. The average Bonchev–Trinajstić information content (AvgIpc) is 4.04. The minimum Gasteiger partial charge on any atom is -0.355 e. The van der Waals surface area contributed by atoms with Crippen molar-refractivity contribution in [2.75, 3.05) is 0 Å². The van der Waals surface area contributed by atoms with Crippen LogP contribution in [0.1, 0.15) is 188 Å². The minimum absolute atomic E-state index is 0.202. The molecule has 4 heteroatoms. The van der Waals surface area contributed by atoms with Crippen molar-refractivity contribution in [3.63, 3.8) is 0 Å². The van der Waals surface area contributed by atoms with E-state index in [0.29, 0.717) is 0 Å². The van der Waals surface area contributed by atoms with Gasteiger partial charge in [-0.1, -0.05) is 0 Å². The van der Waals surface area contributed by atoms with Gasteiger partial charge in [-0.2, -0.15) is 0 Å². The molecule has 2 aliphatic heterocycles. The Bertz CT molecular complexity index is 2640. The molecule has 21 rings (SSSR count). The first kappa shape index (κ1) is 36.7. The molecule has 24 bridgehead atoms. The number of hydrogen-bond acceptors (Lipinski definition) is 2. The van der Waals surface area contributed by atoms with Crippen molar-refractivity contribution in [1.29, 1.82) is 0 Å². The predicted molar refractivity (Wildman–Crippen MR) is 258 cm³/mol. The van der Waals surface area contributed by atoms with Crippen molar-refractivity contribution in [2.24, 2.45) is 81.8 Å². The van der Waals surface area contributed by atoms with Gasteiger partial charge >= 0.3 is 0 Å². The Morgan fingerprint density at radius 3 is 1.27 bits per heavy atom. The molecule has 4 nitrogen and oxygen atoms in total. The van der Waals surface area contributed by atoms with Crippen molar-refractivity contribution >= 4 is 45.4 Å². The Morgan fingerprint density at radius 2 is 0.781 bits per heavy atom. The third-order valence-electron chi connectivity index (χ3n) is 22.9. The summed E-state index contributed by atoms with van der Waals surface area (Å²) in [5, 5.41) is 0. The lowest BCUT2D eigenvalue weighted by atomic mass is 9.43. The van der Waals surface area contributed by atoms with Gasteiger partial charge in [-0.15, -0.1) is 0 Å². The van der Waals surface area contributed by atoms with Crippen LogP contribution in [0.3, 0.4) is 0 Å². The fourth-order valence-corrected chi connectivity index (χ4v) is 22.9. The van der Waals surface area contributed by atoms with Gasteiger partial charge in [-0.3, -0.25) is 0 Å². The van der Waals surface area contributed by atoms with Crippen LogP contribution in [-0.4, -0.2) is 19.9 Å². The number of hydrogen-bond donors (Lipinski definition) is 2. The fourth-order valence-electron chi connectivity index (χ4n) is 22.9. The van der Waals surface area contributed by atoms with Gasteiger partial charge < -0.3 is 9.97 Å². The van der Waals surface area contributed by atoms with Crippen molar-refractivity contribution in [2.45, 2.75) is 165 Å². The topological polar surface area (TPSA) is 57.4 Å². The van der Waals surface area contributed by atoms with E-state index in [-0.39, 0.29) is 21.7 Å². The SMILES string of the molecule is C1=Cc2cc3ccc(cc4cc(C56CC7CC(CC(C7)C5)C6)c([nH]4)c(C45CC6CC(CC(C6)C4)C5)c4nc(cc1n2)C(C12CC5CC(CC(C5)C1)C2)=C4C12CC4CC(CC(C4)C1)C2)[nH]3. The maximum Gasteiger partial charge on any atom is 0.0736 e. The summed E-state index contributed by atoms with van der Waals surface area (Å²) in [5.41, 5.74) is 18.6. The number of aromatic amines is 2. The Morgan fingerprint density at radius 1 is 0.375 bits per heavy atom. The molecule has 0 amide bonds. The maximum atomic E-state index is 6.58. The van der Waals surface area contributed by atoms with Crippen LogP contribution >= 0.6 is 0 Å². The van der Waals surface area contributed by atoms with E-state index in [0.717, 1.165) is 87.9 Å². The quantitative estimate of drug-likeness (QED) is 0.215. The first-order valence-corrected chi connectivity index (χ1v) is 27.5. The number of aromatic nitrogens is 4. The van der Waals surface area contributed by atoms with Crippen LogP contribution in [0, 0.1) is 81.8 Å². The third kappa shape index (κ3) is 5.13. The molecule has 16 saturated carbocycles. The lowest BCUT2D eigenvalue weighted by Gasteiger charge is -2.61. The van der Waals surface area contributed by atoms with E-state index in [4.69, 9.17) is 9.97 Å². The van der Waals surface area contributed by atoms with E-state index in [2.05, 4.69) is 58.5 Å². The molecular formula is C60H70N4. The van der Waals surface area contributed by atoms with E-state index in [1.165, 1.54) is 171 Å². The lowest BCUT2D eigenvalue weighted by molar-refractivity contribution is -0.0250. The third-order valence-corrected chi connectivity index (χ3v) is 22.9. The van der Waals surface area contributed by atoms with E-state index in [1.54, 1.807) is 22.3 Å². The Kier molecular flexibility index (Phi) is 7.09. The summed E-state index contributed by atoms with van der Waals surface area (Å²) in [7, 11) is 0. The summed E-state index contributed by atoms with van der Waals surface area (Å²) in [6.07, 6.45) is 39.5. The molecule has 0 spiro atoms. The molecule has 3 aromatic heterocycles. The molecule has 0 saturated heterocycles. The number of rotatable bonds is 4. The Labute approximate surface area is 380 Å². The first-order chi connectivity index (χ1) is 31.3. The van der Waals surface area contributed by atoms with Crippen LogP contribution in [0.2, 0.25) is 0 Å². The number of H-pyrrole nitrogens is 2. The molecule has 16 fully saturated rings. The number of allylic oxidation sites excluding steroid dienone is 2. The first-order valence-electron chi connectivity index (χ1n) is 27.5. The summed E-state index contributed by atoms with van der Waals surface area (Å²) in [6.45, 7) is 0. The Hall–Kier alpha value is -3.40. The number of nitrogens with one attached hydrogen (secondary N) is 2. The second-order valence-corrected chi connectivity index (χ2v) is 27.4. The molecular weight excluding hydrogens is 777 g/mol. The summed E-state index contributed by atoms with van der Waals surface area (Å²) < 4.78 is 0. The van der Waals surface area contributed by atoms with Crippen LogP contribution < -0.4 is 0 Å². The van der Waals surface area contributed by atoms with Gasteiger partial charge in [0.15, 0.2) is 0 Å². The van der Waals surface area contributed by atoms with Gasteiger partial charge in [0, 0.05) is 33.0 Å². The smallest absolute Gasteiger partial charge is 0.0736 e. The van der Waals surface area contributed by atoms with Gasteiger partial charge in [0.2, 0.25) is 0 Å². The molecule has 330 valence electrons. The van der Waals surface area contributed by atoms with Crippen LogP contribution in [0.4, 0.5) is 0 Å². The molecule has 5 heterocycles. The maximum absolute atomic E-state index is 6.58. The van der Waals surface area contributed by atoms with Gasteiger partial charge in [0.1, 0.15) is 0 Å². The van der Waals surface area contributed by atoms with Crippen LogP contribution in [0.15, 0.2) is 36.4 Å². The molecule has 0 atom stereocenters. The Balaban J connectivity index is 1.04. The number of nitrogens with zero attached hydrogens (tertiary/aromatic N) is 2. The van der Waals surface area contributed by atoms with Crippen LogP contribution in [0.25, 0.3) is 45.4 Å². The monoisotopic (exact) mass is 847 g/mol. The summed E-state index contributed by atoms with van der Waals surface area (Å²) >= 11 is 0. The zero-order valence-electron chi connectivity index (χ0n) is 38.4. The lowest BCUT2D eigenvalue weighted by Crippen LogP contribution is -2.51. The van der Waals surface area contributed by atoms with Gasteiger partial charge in [-0.25, -0.2) is 9.97 Å². The van der Waals surface area contributed by atoms with Crippen LogP contribution in [0.5, 0.6) is 0 Å². The second-order valence-electron chi connectivity index (χ2n) is 27.4. The molecule has 0 radical (unpaired) electrons. The average molecular weight is 847 g/mol. The number of fused-ring (bicyclic) bond motifs is 8. The largest absolute Gasteiger partial charge is 0.355 e. The fraction of sp³-hybridized carbons (Fsp3) is 0.667. The highest BCUT2D eigenvalue weighted by Gasteiger charge is 2.62.